The third kappa shape index (κ3) is 7.74. The molecule has 0 saturated carbocycles. The SMILES string of the molecule is CN=C(NCCc1cccc(C(=O)N(C)C)c1)NCc1ccc(Cl)cc1OC.I. The minimum absolute atomic E-state index is 0. The van der Waals surface area contributed by atoms with E-state index in [9.17, 15) is 4.79 Å². The van der Waals surface area contributed by atoms with Crippen molar-refractivity contribution in [3.8, 4) is 5.75 Å². The fourth-order valence-corrected chi connectivity index (χ4v) is 2.87. The number of ether oxygens (including phenoxy) is 1. The number of methoxy groups -OCH3 is 1. The highest BCUT2D eigenvalue weighted by atomic mass is 127. The highest BCUT2D eigenvalue weighted by Gasteiger charge is 2.08. The van der Waals surface area contributed by atoms with Crippen molar-refractivity contribution < 1.29 is 9.53 Å². The molecule has 0 atom stereocenters. The Morgan fingerprint density at radius 1 is 1.17 bits per heavy atom. The molecule has 0 unspecified atom stereocenters. The molecule has 0 aromatic heterocycles. The summed E-state index contributed by atoms with van der Waals surface area (Å²) in [5, 5.41) is 7.19. The maximum absolute atomic E-state index is 12.1. The number of carbonyl (C=O) groups is 1. The van der Waals surface area contributed by atoms with Crippen LogP contribution in [-0.4, -0.2) is 51.6 Å². The zero-order chi connectivity index (χ0) is 20.5. The predicted octanol–water partition coefficient (Wildman–Crippen LogP) is 3.58. The Balaban J connectivity index is 0.00000420. The summed E-state index contributed by atoms with van der Waals surface area (Å²) in [4.78, 5) is 17.9. The van der Waals surface area contributed by atoms with Crippen LogP contribution in [0.25, 0.3) is 0 Å². The minimum atomic E-state index is 0. The lowest BCUT2D eigenvalue weighted by molar-refractivity contribution is 0.0827. The molecule has 8 heteroatoms. The predicted molar refractivity (Wildman–Crippen MR) is 130 cm³/mol. The van der Waals surface area contributed by atoms with Crippen LogP contribution in [0.4, 0.5) is 0 Å². The number of hydrogen-bond acceptors (Lipinski definition) is 3. The van der Waals surface area contributed by atoms with Crippen molar-refractivity contribution in [1.82, 2.24) is 15.5 Å². The molecule has 2 aromatic carbocycles. The molecule has 6 nitrogen and oxygen atoms in total. The molecule has 0 fully saturated rings. The highest BCUT2D eigenvalue weighted by molar-refractivity contribution is 14.0. The lowest BCUT2D eigenvalue weighted by atomic mass is 10.1. The Morgan fingerprint density at radius 3 is 2.59 bits per heavy atom. The molecule has 0 aliphatic rings. The van der Waals surface area contributed by atoms with Gasteiger partial charge >= 0.3 is 0 Å². The molecule has 1 amide bonds. The van der Waals surface area contributed by atoms with Gasteiger partial charge in [0.2, 0.25) is 0 Å². The fourth-order valence-electron chi connectivity index (χ4n) is 2.71. The Bertz CT molecular complexity index is 843. The number of halogens is 2. The zero-order valence-electron chi connectivity index (χ0n) is 17.2. The van der Waals surface area contributed by atoms with E-state index in [1.54, 1.807) is 39.2 Å². The van der Waals surface area contributed by atoms with Crippen LogP contribution < -0.4 is 15.4 Å². The molecular formula is C21H28ClIN4O2. The molecule has 29 heavy (non-hydrogen) atoms. The van der Waals surface area contributed by atoms with Crippen LogP contribution >= 0.6 is 35.6 Å². The molecule has 2 N–H and O–H groups in total. The monoisotopic (exact) mass is 530 g/mol. The van der Waals surface area contributed by atoms with Gasteiger partial charge in [-0.3, -0.25) is 9.79 Å². The van der Waals surface area contributed by atoms with Crippen molar-refractivity contribution in [2.24, 2.45) is 4.99 Å². The summed E-state index contributed by atoms with van der Waals surface area (Å²) >= 11 is 6.00. The number of aliphatic imine (C=N–C) groups is 1. The van der Waals surface area contributed by atoms with Crippen LogP contribution in [-0.2, 0) is 13.0 Å². The Hall–Kier alpha value is -2.00. The van der Waals surface area contributed by atoms with Gasteiger partial charge < -0.3 is 20.3 Å². The number of hydrogen-bond donors (Lipinski definition) is 2. The third-order valence-electron chi connectivity index (χ3n) is 4.21. The van der Waals surface area contributed by atoms with Gasteiger partial charge in [-0.05, 0) is 36.2 Å². The first-order valence-electron chi connectivity index (χ1n) is 9.02. The van der Waals surface area contributed by atoms with Crippen molar-refractivity contribution in [3.05, 3.63) is 64.2 Å². The van der Waals surface area contributed by atoms with Crippen LogP contribution in [0.5, 0.6) is 5.75 Å². The molecule has 2 aromatic rings. The van der Waals surface area contributed by atoms with E-state index in [1.165, 1.54) is 0 Å². The van der Waals surface area contributed by atoms with Crippen LogP contribution in [0.15, 0.2) is 47.5 Å². The molecule has 0 aliphatic carbocycles. The maximum atomic E-state index is 12.1. The van der Waals surface area contributed by atoms with E-state index in [1.807, 2.05) is 36.4 Å². The molecule has 0 saturated heterocycles. The van der Waals surface area contributed by atoms with E-state index in [0.29, 0.717) is 29.6 Å². The topological polar surface area (TPSA) is 66.0 Å². The van der Waals surface area contributed by atoms with Crippen molar-refractivity contribution in [2.45, 2.75) is 13.0 Å². The molecular weight excluding hydrogens is 503 g/mol. The van der Waals surface area contributed by atoms with Gasteiger partial charge in [-0.2, -0.15) is 0 Å². The van der Waals surface area contributed by atoms with E-state index in [4.69, 9.17) is 16.3 Å². The van der Waals surface area contributed by atoms with Gasteiger partial charge in [-0.1, -0.05) is 29.8 Å². The van der Waals surface area contributed by atoms with Crippen LogP contribution in [0.3, 0.4) is 0 Å². The molecule has 158 valence electrons. The van der Waals surface area contributed by atoms with Crippen molar-refractivity contribution in [3.63, 3.8) is 0 Å². The van der Waals surface area contributed by atoms with Gasteiger partial charge in [-0.15, -0.1) is 24.0 Å². The maximum Gasteiger partial charge on any atom is 0.253 e. The first-order valence-corrected chi connectivity index (χ1v) is 9.40. The number of carbonyl (C=O) groups excluding carboxylic acids is 1. The number of guanidine groups is 1. The average Bonchev–Trinajstić information content (AvgIpc) is 2.70. The largest absolute Gasteiger partial charge is 0.496 e. The van der Waals surface area contributed by atoms with E-state index < -0.39 is 0 Å². The van der Waals surface area contributed by atoms with Gasteiger partial charge in [0.15, 0.2) is 5.96 Å². The lowest BCUT2D eigenvalue weighted by Crippen LogP contribution is -2.37. The van der Waals surface area contributed by atoms with E-state index in [2.05, 4.69) is 15.6 Å². The van der Waals surface area contributed by atoms with Gasteiger partial charge in [-0.25, -0.2) is 0 Å². The van der Waals surface area contributed by atoms with Crippen molar-refractivity contribution >= 4 is 47.4 Å². The standard InChI is InChI=1S/C21H27ClN4O2.HI/c1-23-21(25-14-17-8-9-18(22)13-19(17)28-4)24-11-10-15-6-5-7-16(12-15)20(27)26(2)3;/h5-9,12-13H,10-11,14H2,1-4H3,(H2,23,24,25);1H. The van der Waals surface area contributed by atoms with Gasteiger partial charge in [0, 0.05) is 50.4 Å². The van der Waals surface area contributed by atoms with Crippen molar-refractivity contribution in [2.75, 3.05) is 34.8 Å². The van der Waals surface area contributed by atoms with E-state index >= 15 is 0 Å². The second kappa shape index (κ2) is 12.5. The van der Waals surface area contributed by atoms with Crippen LogP contribution in [0.2, 0.25) is 5.02 Å². The molecule has 2 rings (SSSR count). The fraction of sp³-hybridized carbons (Fsp3) is 0.333. The summed E-state index contributed by atoms with van der Waals surface area (Å²) in [6, 6.07) is 13.2. The first-order chi connectivity index (χ1) is 13.4. The summed E-state index contributed by atoms with van der Waals surface area (Å²) < 4.78 is 5.36. The normalized spacial score (nSPS) is 10.7. The molecule has 0 heterocycles. The molecule has 0 radical (unpaired) electrons. The number of benzene rings is 2. The number of nitrogens with zero attached hydrogens (tertiary/aromatic N) is 2. The average molecular weight is 531 g/mol. The smallest absolute Gasteiger partial charge is 0.253 e. The third-order valence-corrected chi connectivity index (χ3v) is 4.44. The number of nitrogens with one attached hydrogen (secondary N) is 2. The number of rotatable bonds is 7. The summed E-state index contributed by atoms with van der Waals surface area (Å²) in [6.45, 7) is 1.25. The van der Waals surface area contributed by atoms with Crippen LogP contribution in [0.1, 0.15) is 21.5 Å². The minimum Gasteiger partial charge on any atom is -0.496 e. The Labute approximate surface area is 194 Å². The second-order valence-electron chi connectivity index (χ2n) is 6.46. The molecule has 0 bridgehead atoms. The van der Waals surface area contributed by atoms with E-state index in [0.717, 1.165) is 23.3 Å². The highest BCUT2D eigenvalue weighted by Crippen LogP contribution is 2.22. The van der Waals surface area contributed by atoms with Gasteiger partial charge in [0.25, 0.3) is 5.91 Å². The molecule has 0 spiro atoms. The quantitative estimate of drug-likeness (QED) is 0.326. The first kappa shape index (κ1) is 25.0. The van der Waals surface area contributed by atoms with Crippen molar-refractivity contribution in [1.29, 1.82) is 0 Å². The summed E-state index contributed by atoms with van der Waals surface area (Å²) in [5.74, 6) is 1.43. The summed E-state index contributed by atoms with van der Waals surface area (Å²) in [6.07, 6.45) is 0.777. The Kier molecular flexibility index (Phi) is 10.8. The Morgan fingerprint density at radius 2 is 1.93 bits per heavy atom. The second-order valence-corrected chi connectivity index (χ2v) is 6.90. The zero-order valence-corrected chi connectivity index (χ0v) is 20.2. The summed E-state index contributed by atoms with van der Waals surface area (Å²) in [7, 11) is 6.85. The van der Waals surface area contributed by atoms with Crippen LogP contribution in [0, 0.1) is 0 Å². The summed E-state index contributed by atoms with van der Waals surface area (Å²) in [5.41, 5.74) is 2.78. The number of amides is 1. The molecule has 0 aliphatic heterocycles. The lowest BCUT2D eigenvalue weighted by Gasteiger charge is -2.14. The van der Waals surface area contributed by atoms with E-state index in [-0.39, 0.29) is 29.9 Å². The van der Waals surface area contributed by atoms with Gasteiger partial charge in [0.05, 0.1) is 7.11 Å². The van der Waals surface area contributed by atoms with Gasteiger partial charge in [0.1, 0.15) is 5.75 Å².